The zero-order valence-corrected chi connectivity index (χ0v) is 33.1. The molecule has 1 heterocycles. The number of alkyl halides is 1. The van der Waals surface area contributed by atoms with Gasteiger partial charge in [-0.2, -0.15) is 0 Å². The van der Waals surface area contributed by atoms with E-state index < -0.39 is 95.9 Å². The number of phenolic OH excluding ortho intramolecular Hbond substituents is 1. The van der Waals surface area contributed by atoms with E-state index in [0.717, 1.165) is 14.2 Å². The third-order valence-corrected chi connectivity index (χ3v) is 9.38. The normalized spacial score (nSPS) is 13.1. The summed E-state index contributed by atoms with van der Waals surface area (Å²) in [5.74, 6) is -8.54. The maximum atomic E-state index is 13.7. The van der Waals surface area contributed by atoms with Crippen LogP contribution in [0.2, 0.25) is 0 Å². The fourth-order valence-corrected chi connectivity index (χ4v) is 6.14. The third-order valence-electron chi connectivity index (χ3n) is 9.38. The van der Waals surface area contributed by atoms with Crippen LogP contribution in [0.3, 0.4) is 0 Å². The molecule has 2 aromatic carbocycles. The van der Waals surface area contributed by atoms with Crippen LogP contribution in [-0.4, -0.2) is 103 Å². The molecule has 60 heavy (non-hydrogen) atoms. The SMILES string of the molecule is COC(=O)CC[C@H](NC(=O)[C@H](C)NC(=O)c1ccc(C(=O)O)c(-c2c3ccc(=O)cc-3oc3cc(O)ccc23)c1)C(=O)N[C@H](C(=O)N[C@H](CC(=O)OC)C(=O)CF)C(C)C. The largest absolute Gasteiger partial charge is 0.508 e. The molecular weight excluding hydrogens is 791 g/mol. The number of carbonyl (C=O) groups excluding carboxylic acids is 7. The number of fused-ring (bicyclic) bond motifs is 2. The lowest BCUT2D eigenvalue weighted by Gasteiger charge is -2.27. The lowest BCUT2D eigenvalue weighted by molar-refractivity contribution is -0.144. The molecule has 6 N–H and O–H groups in total. The van der Waals surface area contributed by atoms with Gasteiger partial charge >= 0.3 is 17.9 Å². The van der Waals surface area contributed by atoms with Crippen LogP contribution in [0.15, 0.2) is 63.8 Å². The van der Waals surface area contributed by atoms with Crippen LogP contribution in [0.1, 0.15) is 60.7 Å². The molecule has 0 saturated carbocycles. The Balaban J connectivity index is 1.60. The number of methoxy groups -OCH3 is 2. The van der Waals surface area contributed by atoms with E-state index in [1.165, 1.54) is 75.4 Å². The number of benzene rings is 3. The molecule has 0 saturated heterocycles. The monoisotopic (exact) mass is 834 g/mol. The van der Waals surface area contributed by atoms with Crippen LogP contribution in [0.25, 0.3) is 33.4 Å². The number of aromatic carboxylic acids is 1. The fraction of sp³-hybridized carbons (Fsp3) is 0.341. The first-order valence-corrected chi connectivity index (χ1v) is 18.4. The molecule has 18 nitrogen and oxygen atoms in total. The van der Waals surface area contributed by atoms with Gasteiger partial charge in [0.05, 0.1) is 26.2 Å². The van der Waals surface area contributed by atoms with E-state index in [1.807, 2.05) is 0 Å². The van der Waals surface area contributed by atoms with Crippen molar-refractivity contribution in [3.05, 3.63) is 75.9 Å². The molecule has 2 aliphatic rings. The fourth-order valence-electron chi connectivity index (χ4n) is 6.14. The number of aromatic hydroxyl groups is 1. The summed E-state index contributed by atoms with van der Waals surface area (Å²) >= 11 is 0. The molecule has 0 radical (unpaired) electrons. The number of amides is 4. The number of rotatable bonds is 18. The summed E-state index contributed by atoms with van der Waals surface area (Å²) in [7, 11) is 2.14. The topological polar surface area (TPSA) is 274 Å². The summed E-state index contributed by atoms with van der Waals surface area (Å²) in [5, 5.41) is 30.3. The van der Waals surface area contributed by atoms with Gasteiger partial charge in [0.25, 0.3) is 5.91 Å². The number of esters is 2. The van der Waals surface area contributed by atoms with Crippen molar-refractivity contribution >= 4 is 58.3 Å². The number of phenols is 1. The van der Waals surface area contributed by atoms with Crippen LogP contribution in [0.5, 0.6) is 5.75 Å². The van der Waals surface area contributed by atoms with Gasteiger partial charge in [-0.15, -0.1) is 0 Å². The lowest BCUT2D eigenvalue weighted by atomic mass is 9.89. The zero-order chi connectivity index (χ0) is 44.4. The summed E-state index contributed by atoms with van der Waals surface area (Å²) in [6.45, 7) is 2.86. The zero-order valence-electron chi connectivity index (χ0n) is 33.1. The summed E-state index contributed by atoms with van der Waals surface area (Å²) in [4.78, 5) is 115. The molecule has 19 heteroatoms. The Morgan fingerprint density at radius 2 is 1.45 bits per heavy atom. The van der Waals surface area contributed by atoms with Crippen LogP contribution in [-0.2, 0) is 38.2 Å². The highest BCUT2D eigenvalue weighted by atomic mass is 19.1. The van der Waals surface area contributed by atoms with Crippen LogP contribution < -0.4 is 26.7 Å². The minimum atomic E-state index is -1.60. The lowest BCUT2D eigenvalue weighted by Crippen LogP contribution is -2.59. The first kappa shape index (κ1) is 45.5. The minimum Gasteiger partial charge on any atom is -0.508 e. The minimum absolute atomic E-state index is 0.0383. The quantitative estimate of drug-likeness (QED) is 0.0620. The predicted octanol–water partition coefficient (Wildman–Crippen LogP) is 2.25. The van der Waals surface area contributed by atoms with E-state index in [2.05, 4.69) is 30.7 Å². The second kappa shape index (κ2) is 20.0. The number of hydrogen-bond acceptors (Lipinski definition) is 13. The number of carbonyl (C=O) groups is 8. The number of halogens is 1. The van der Waals surface area contributed by atoms with E-state index in [-0.39, 0.29) is 52.2 Å². The maximum absolute atomic E-state index is 13.7. The Bertz CT molecular complexity index is 2360. The number of nitrogens with one attached hydrogen (secondary N) is 4. The van der Waals surface area contributed by atoms with E-state index in [1.54, 1.807) is 0 Å². The average molecular weight is 835 g/mol. The summed E-state index contributed by atoms with van der Waals surface area (Å²) in [6, 6.07) is 5.82. The third kappa shape index (κ3) is 11.1. The molecule has 4 atom stereocenters. The highest BCUT2D eigenvalue weighted by Gasteiger charge is 2.33. The van der Waals surface area contributed by atoms with Gasteiger partial charge in [-0.05, 0) is 67.3 Å². The molecular formula is C41H43FN4O14. The van der Waals surface area contributed by atoms with Crippen molar-refractivity contribution in [1.29, 1.82) is 0 Å². The van der Waals surface area contributed by atoms with Crippen molar-refractivity contribution in [1.82, 2.24) is 21.3 Å². The Morgan fingerprint density at radius 3 is 2.08 bits per heavy atom. The van der Waals surface area contributed by atoms with Gasteiger partial charge in [0.1, 0.15) is 47.9 Å². The molecule has 0 unspecified atom stereocenters. The second-order valence-corrected chi connectivity index (χ2v) is 13.9. The van der Waals surface area contributed by atoms with Crippen molar-refractivity contribution in [3.63, 3.8) is 0 Å². The van der Waals surface area contributed by atoms with Crippen molar-refractivity contribution in [2.24, 2.45) is 5.92 Å². The van der Waals surface area contributed by atoms with Crippen LogP contribution in [0, 0.1) is 5.92 Å². The van der Waals surface area contributed by atoms with Crippen molar-refractivity contribution in [2.45, 2.75) is 64.2 Å². The van der Waals surface area contributed by atoms with E-state index in [9.17, 15) is 57.8 Å². The maximum Gasteiger partial charge on any atom is 0.336 e. The van der Waals surface area contributed by atoms with Crippen molar-refractivity contribution in [2.75, 3.05) is 20.9 Å². The first-order valence-electron chi connectivity index (χ1n) is 18.4. The van der Waals surface area contributed by atoms with Gasteiger partial charge in [0.15, 0.2) is 11.2 Å². The number of hydrogen-bond donors (Lipinski definition) is 6. The molecule has 1 aliphatic heterocycles. The molecule has 0 bridgehead atoms. The number of ether oxygens (including phenoxy) is 2. The van der Waals surface area contributed by atoms with Gasteiger partial charge in [-0.1, -0.05) is 13.8 Å². The van der Waals surface area contributed by atoms with Gasteiger partial charge in [0.2, 0.25) is 17.7 Å². The number of ketones is 1. The molecule has 0 spiro atoms. The smallest absolute Gasteiger partial charge is 0.336 e. The Labute approximate surface area is 341 Å². The first-order chi connectivity index (χ1) is 28.4. The second-order valence-electron chi connectivity index (χ2n) is 13.9. The number of Topliss-reactive ketones (excluding diaryl/α,β-unsaturated/α-hetero) is 1. The van der Waals surface area contributed by atoms with Crippen LogP contribution >= 0.6 is 0 Å². The molecule has 4 rings (SSSR count). The summed E-state index contributed by atoms with van der Waals surface area (Å²) in [6.07, 6.45) is -1.38. The number of carboxylic acid groups (broad SMARTS) is 1. The molecule has 0 aromatic heterocycles. The molecule has 4 amide bonds. The summed E-state index contributed by atoms with van der Waals surface area (Å²) < 4.78 is 28.3. The molecule has 318 valence electrons. The Morgan fingerprint density at radius 1 is 0.767 bits per heavy atom. The number of carboxylic acids is 1. The van der Waals surface area contributed by atoms with Gasteiger partial charge in [-0.25, -0.2) is 9.18 Å². The van der Waals surface area contributed by atoms with E-state index >= 15 is 0 Å². The Hall–Kier alpha value is -7.18. The van der Waals surface area contributed by atoms with Gasteiger partial charge < -0.3 is 45.4 Å². The highest BCUT2D eigenvalue weighted by Crippen LogP contribution is 2.42. The molecule has 0 fully saturated rings. The standard InChI is InChI=1S/C41H43FN4O14/c1-19(2)36(40(55)45-29(30(49)18-42)17-34(51)59-5)46-39(54)28(12-13-33(50)58-4)44-37(52)20(3)43-38(53)21-6-9-24(41(56)57)27(14-21)35-25-10-7-22(47)15-31(25)60-32-16-23(48)8-11-26(32)35/h6-11,14-16,19-20,28-29,36,47H,12-13,17-18H2,1-5H3,(H,43,53)(H,44,52)(H,45,55)(H,46,54)(H,56,57)/t20-,28-,29+,36-/m0/s1. The van der Waals surface area contributed by atoms with Crippen LogP contribution in [0.4, 0.5) is 4.39 Å². The highest BCUT2D eigenvalue weighted by molar-refractivity contribution is 6.09. The molecule has 2 aromatic rings. The summed E-state index contributed by atoms with van der Waals surface area (Å²) in [5.41, 5.74) is 0.00832. The average Bonchev–Trinajstić information content (AvgIpc) is 3.21. The van der Waals surface area contributed by atoms with Gasteiger partial charge in [-0.3, -0.25) is 38.4 Å². The van der Waals surface area contributed by atoms with Gasteiger partial charge in [0, 0.05) is 40.6 Å². The van der Waals surface area contributed by atoms with Crippen molar-refractivity contribution < 1.29 is 66.9 Å². The van der Waals surface area contributed by atoms with E-state index in [0.29, 0.717) is 10.9 Å². The van der Waals surface area contributed by atoms with Crippen molar-refractivity contribution in [3.8, 4) is 28.2 Å². The molecule has 1 aliphatic carbocycles. The Kier molecular flexibility index (Phi) is 15.2. The predicted molar refractivity (Wildman–Crippen MR) is 210 cm³/mol. The van der Waals surface area contributed by atoms with E-state index in [4.69, 9.17) is 4.42 Å².